The van der Waals surface area contributed by atoms with Gasteiger partial charge in [-0.1, -0.05) is 26.8 Å². The van der Waals surface area contributed by atoms with E-state index in [1.54, 1.807) is 0 Å². The zero-order valence-corrected chi connectivity index (χ0v) is 21.2. The van der Waals surface area contributed by atoms with Gasteiger partial charge in [0.25, 0.3) is 0 Å². The molecule has 0 spiro atoms. The summed E-state index contributed by atoms with van der Waals surface area (Å²) >= 11 is 0. The van der Waals surface area contributed by atoms with Crippen molar-refractivity contribution >= 4 is 17.7 Å². The first-order valence-electron chi connectivity index (χ1n) is 13.1. The van der Waals surface area contributed by atoms with E-state index in [-0.39, 0.29) is 23.1 Å². The number of hydrogen-bond acceptors (Lipinski definition) is 5. The molecule has 4 aliphatic rings. The van der Waals surface area contributed by atoms with Gasteiger partial charge in [-0.3, -0.25) is 14.4 Å². The number of carbonyl (C=O) groups excluding carboxylic acids is 3. The van der Waals surface area contributed by atoms with Crippen molar-refractivity contribution in [2.75, 3.05) is 7.11 Å². The summed E-state index contributed by atoms with van der Waals surface area (Å²) in [5.74, 6) is 2.81. The molecule has 3 saturated carbocycles. The molecule has 0 radical (unpaired) electrons. The molecule has 5 nitrogen and oxygen atoms in total. The molecular weight excluding hydrogens is 416 g/mol. The van der Waals surface area contributed by atoms with E-state index in [0.717, 1.165) is 31.3 Å². The van der Waals surface area contributed by atoms with Gasteiger partial charge in [0.15, 0.2) is 11.9 Å². The second kappa shape index (κ2) is 9.19. The van der Waals surface area contributed by atoms with E-state index < -0.39 is 6.10 Å². The van der Waals surface area contributed by atoms with Crippen LogP contribution in [0.4, 0.5) is 0 Å². The van der Waals surface area contributed by atoms with Crippen molar-refractivity contribution < 1.29 is 23.9 Å². The summed E-state index contributed by atoms with van der Waals surface area (Å²) in [5.41, 5.74) is 1.21. The molecule has 0 heterocycles. The van der Waals surface area contributed by atoms with Crippen molar-refractivity contribution in [3.05, 3.63) is 11.6 Å². The molecule has 0 aromatic heterocycles. The van der Waals surface area contributed by atoms with E-state index in [9.17, 15) is 14.4 Å². The number of rotatable bonds is 6. The summed E-state index contributed by atoms with van der Waals surface area (Å²) in [7, 11) is 1.47. The summed E-state index contributed by atoms with van der Waals surface area (Å²) in [6, 6.07) is 0. The molecule has 4 rings (SSSR count). The number of Topliss-reactive ketones (excluding diaryl/α,β-unsaturated/α-hetero) is 1. The minimum atomic E-state index is -0.589. The molecule has 0 saturated heterocycles. The van der Waals surface area contributed by atoms with E-state index in [4.69, 9.17) is 9.47 Å². The lowest BCUT2D eigenvalue weighted by atomic mass is 9.46. The van der Waals surface area contributed by atoms with Crippen LogP contribution in [0, 0.1) is 40.4 Å². The molecule has 0 aromatic carbocycles. The van der Waals surface area contributed by atoms with Crippen LogP contribution in [0.3, 0.4) is 0 Å². The number of ether oxygens (including phenoxy) is 2. The molecule has 0 amide bonds. The lowest BCUT2D eigenvalue weighted by molar-refractivity contribution is -0.156. The van der Waals surface area contributed by atoms with Crippen molar-refractivity contribution in [2.45, 2.75) is 98.0 Å². The predicted octanol–water partition coefficient (Wildman–Crippen LogP) is 5.66. The highest BCUT2D eigenvalue weighted by atomic mass is 16.5. The number of hydrogen-bond donors (Lipinski definition) is 0. The van der Waals surface area contributed by atoms with Crippen LogP contribution in [-0.2, 0) is 23.9 Å². The van der Waals surface area contributed by atoms with E-state index >= 15 is 0 Å². The van der Waals surface area contributed by atoms with Gasteiger partial charge in [-0.25, -0.2) is 0 Å². The minimum Gasteiger partial charge on any atom is -0.469 e. The van der Waals surface area contributed by atoms with Gasteiger partial charge in [-0.05, 0) is 98.2 Å². The quantitative estimate of drug-likeness (QED) is 0.481. The Morgan fingerprint density at radius 2 is 1.88 bits per heavy atom. The number of methoxy groups -OCH3 is 1. The van der Waals surface area contributed by atoms with E-state index in [0.29, 0.717) is 47.8 Å². The largest absolute Gasteiger partial charge is 0.469 e. The number of allylic oxidation sites excluding steroid dienone is 1. The molecule has 184 valence electrons. The van der Waals surface area contributed by atoms with E-state index in [2.05, 4.69) is 26.8 Å². The second-order valence-electron chi connectivity index (χ2n) is 11.8. The fourth-order valence-electron chi connectivity index (χ4n) is 8.69. The predicted molar refractivity (Wildman–Crippen MR) is 126 cm³/mol. The van der Waals surface area contributed by atoms with Gasteiger partial charge < -0.3 is 9.47 Å². The first-order chi connectivity index (χ1) is 15.6. The Labute approximate surface area is 199 Å². The number of fused-ring (bicyclic) bond motifs is 5. The summed E-state index contributed by atoms with van der Waals surface area (Å²) < 4.78 is 10.2. The standard InChI is InChI=1S/C28H42O5/c1-17(7-6-8-25(30)32-5)20-11-12-21-19-9-10-23-26(31)24(33-18(2)29)14-16-28(23,4)22(19)13-15-27(20,21)3/h10,17,19-22,24H,6-9,11-16H2,1-5H3/t17-,19+,20-,21+,22+,24+,27-,28-/m1/s1. The van der Waals surface area contributed by atoms with Gasteiger partial charge in [0, 0.05) is 18.9 Å². The highest BCUT2D eigenvalue weighted by molar-refractivity contribution is 6.01. The molecule has 8 atom stereocenters. The zero-order chi connectivity index (χ0) is 24.0. The monoisotopic (exact) mass is 458 g/mol. The fourth-order valence-corrected chi connectivity index (χ4v) is 8.69. The highest BCUT2D eigenvalue weighted by Gasteiger charge is 2.60. The Morgan fingerprint density at radius 1 is 1.12 bits per heavy atom. The maximum atomic E-state index is 13.2. The molecule has 4 aliphatic carbocycles. The van der Waals surface area contributed by atoms with Gasteiger partial charge in [0.05, 0.1) is 7.11 Å². The molecule has 0 unspecified atom stereocenters. The summed E-state index contributed by atoms with van der Waals surface area (Å²) in [5, 5.41) is 0. The maximum Gasteiger partial charge on any atom is 0.305 e. The lowest BCUT2D eigenvalue weighted by Crippen LogP contribution is -2.53. The van der Waals surface area contributed by atoms with E-state index in [1.165, 1.54) is 39.7 Å². The molecule has 0 N–H and O–H groups in total. The van der Waals surface area contributed by atoms with Gasteiger partial charge >= 0.3 is 11.9 Å². The Bertz CT molecular complexity index is 830. The van der Waals surface area contributed by atoms with Crippen LogP contribution in [-0.4, -0.2) is 30.9 Å². The highest BCUT2D eigenvalue weighted by Crippen LogP contribution is 2.67. The summed E-state index contributed by atoms with van der Waals surface area (Å²) in [6.07, 6.45) is 11.7. The van der Waals surface area contributed by atoms with Crippen molar-refractivity contribution in [3.8, 4) is 0 Å². The molecular formula is C28H42O5. The van der Waals surface area contributed by atoms with Crippen molar-refractivity contribution in [3.63, 3.8) is 0 Å². The molecule has 0 aromatic rings. The molecule has 5 heteroatoms. The molecule has 3 fully saturated rings. The fraction of sp³-hybridized carbons (Fsp3) is 0.821. The Balaban J connectivity index is 1.48. The smallest absolute Gasteiger partial charge is 0.305 e. The van der Waals surface area contributed by atoms with E-state index in [1.807, 2.05) is 0 Å². The average Bonchev–Trinajstić information content (AvgIpc) is 3.12. The van der Waals surface area contributed by atoms with Gasteiger partial charge in [-0.2, -0.15) is 0 Å². The topological polar surface area (TPSA) is 69.7 Å². The summed E-state index contributed by atoms with van der Waals surface area (Å²) in [6.45, 7) is 8.62. The Kier molecular flexibility index (Phi) is 6.81. The van der Waals surface area contributed by atoms with Crippen LogP contribution in [0.15, 0.2) is 11.6 Å². The third-order valence-corrected chi connectivity index (χ3v) is 10.3. The number of carbonyl (C=O) groups is 3. The average molecular weight is 459 g/mol. The van der Waals surface area contributed by atoms with Crippen LogP contribution in [0.1, 0.15) is 91.9 Å². The summed E-state index contributed by atoms with van der Waals surface area (Å²) in [4.78, 5) is 36.2. The SMILES string of the molecule is COC(=O)CCC[C@@H](C)[C@H]1CC[C@H]2[C@@H]3CC=C4C(=O)[C@@H](OC(C)=O)CC[C@]4(C)[C@H]3CC[C@]12C. The van der Waals surface area contributed by atoms with Gasteiger partial charge in [-0.15, -0.1) is 0 Å². The third-order valence-electron chi connectivity index (χ3n) is 10.3. The van der Waals surface area contributed by atoms with Gasteiger partial charge in [0.1, 0.15) is 0 Å². The molecule has 0 aliphatic heterocycles. The number of ketones is 1. The van der Waals surface area contributed by atoms with Crippen LogP contribution >= 0.6 is 0 Å². The first kappa shape index (κ1) is 24.5. The van der Waals surface area contributed by atoms with Crippen LogP contribution in [0.25, 0.3) is 0 Å². The Hall–Kier alpha value is -1.65. The van der Waals surface area contributed by atoms with Crippen molar-refractivity contribution in [1.29, 1.82) is 0 Å². The van der Waals surface area contributed by atoms with Crippen LogP contribution < -0.4 is 0 Å². The maximum absolute atomic E-state index is 13.2. The zero-order valence-electron chi connectivity index (χ0n) is 21.2. The van der Waals surface area contributed by atoms with Crippen molar-refractivity contribution in [1.82, 2.24) is 0 Å². The Morgan fingerprint density at radius 3 is 2.58 bits per heavy atom. The second-order valence-corrected chi connectivity index (χ2v) is 11.8. The first-order valence-corrected chi connectivity index (χ1v) is 13.1. The molecule has 33 heavy (non-hydrogen) atoms. The van der Waals surface area contributed by atoms with Gasteiger partial charge in [0.2, 0.25) is 0 Å². The lowest BCUT2D eigenvalue weighted by Gasteiger charge is -2.58. The number of esters is 2. The van der Waals surface area contributed by atoms with Crippen LogP contribution in [0.5, 0.6) is 0 Å². The minimum absolute atomic E-state index is 0.0502. The van der Waals surface area contributed by atoms with Crippen LogP contribution in [0.2, 0.25) is 0 Å². The normalized spacial score (nSPS) is 40.7. The van der Waals surface area contributed by atoms with Crippen molar-refractivity contribution in [2.24, 2.45) is 40.4 Å². The molecule has 0 bridgehead atoms. The third kappa shape index (κ3) is 4.18.